The average molecular weight is 395 g/mol. The fourth-order valence-corrected chi connectivity index (χ4v) is 2.28. The van der Waals surface area contributed by atoms with Crippen LogP contribution < -0.4 is 9.47 Å². The van der Waals surface area contributed by atoms with Gasteiger partial charge in [-0.1, -0.05) is 0 Å². The van der Waals surface area contributed by atoms with Crippen molar-refractivity contribution < 1.29 is 37.5 Å². The number of benzene rings is 2. The largest absolute Gasteiger partial charge is 0.475 e. The van der Waals surface area contributed by atoms with E-state index in [2.05, 4.69) is 9.47 Å². The molecule has 0 fully saturated rings. The molecule has 0 heterocycles. The van der Waals surface area contributed by atoms with Crippen LogP contribution in [0.25, 0.3) is 0 Å². The molecule has 28 heavy (non-hydrogen) atoms. The molecule has 0 radical (unpaired) electrons. The van der Waals surface area contributed by atoms with Gasteiger partial charge in [-0.25, -0.2) is 4.79 Å². The number of nitro groups is 1. The van der Waals surface area contributed by atoms with E-state index in [1.807, 2.05) is 0 Å². The van der Waals surface area contributed by atoms with E-state index < -0.39 is 35.1 Å². The van der Waals surface area contributed by atoms with Gasteiger partial charge in [0.25, 0.3) is 0 Å². The number of hydrogen-bond acceptors (Lipinski definition) is 7. The van der Waals surface area contributed by atoms with E-state index in [9.17, 15) is 28.5 Å². The SMILES string of the molecule is COC(=O)c1ccc(O[C@@H](C)C(=O)c2ccc(OC(F)F)cc2)c([N+](=O)[O-])c1. The molecule has 0 amide bonds. The number of carbonyl (C=O) groups is 2. The number of ketones is 1. The molecular weight excluding hydrogens is 380 g/mol. The maximum absolute atomic E-state index is 12.4. The molecule has 0 spiro atoms. The minimum atomic E-state index is -2.99. The normalized spacial score (nSPS) is 11.6. The lowest BCUT2D eigenvalue weighted by Gasteiger charge is -2.14. The number of esters is 1. The van der Waals surface area contributed by atoms with Crippen LogP contribution in [0, 0.1) is 10.1 Å². The van der Waals surface area contributed by atoms with Crippen LogP contribution in [0.1, 0.15) is 27.6 Å². The van der Waals surface area contributed by atoms with Gasteiger partial charge in [0.05, 0.1) is 17.6 Å². The Kier molecular flexibility index (Phi) is 6.59. The summed E-state index contributed by atoms with van der Waals surface area (Å²) in [6.45, 7) is -1.61. The van der Waals surface area contributed by atoms with Crippen LogP contribution in [0.3, 0.4) is 0 Å². The molecule has 0 saturated heterocycles. The third kappa shape index (κ3) is 5.00. The zero-order valence-corrected chi connectivity index (χ0v) is 14.8. The van der Waals surface area contributed by atoms with E-state index in [0.29, 0.717) is 0 Å². The summed E-state index contributed by atoms with van der Waals surface area (Å²) in [5.41, 5.74) is -0.415. The summed E-state index contributed by atoms with van der Waals surface area (Å²) >= 11 is 0. The molecule has 0 aliphatic carbocycles. The second-order valence-corrected chi connectivity index (χ2v) is 5.46. The highest BCUT2D eigenvalue weighted by Gasteiger charge is 2.24. The second kappa shape index (κ2) is 8.89. The van der Waals surface area contributed by atoms with Crippen molar-refractivity contribution in [1.82, 2.24) is 0 Å². The van der Waals surface area contributed by atoms with E-state index in [-0.39, 0.29) is 22.6 Å². The zero-order chi connectivity index (χ0) is 20.8. The molecule has 2 aromatic rings. The molecule has 2 aromatic carbocycles. The van der Waals surface area contributed by atoms with Gasteiger partial charge < -0.3 is 14.2 Å². The van der Waals surface area contributed by atoms with E-state index >= 15 is 0 Å². The standard InChI is InChI=1S/C18H15F2NO7/c1-10(16(22)11-3-6-13(7-4-11)28-18(19)20)27-15-8-5-12(17(23)26-2)9-14(15)21(24)25/h3-10,18H,1-2H3/t10-/m0/s1. The maximum Gasteiger partial charge on any atom is 0.387 e. The third-order valence-electron chi connectivity index (χ3n) is 3.61. The van der Waals surface area contributed by atoms with Crippen LogP contribution in [0.4, 0.5) is 14.5 Å². The smallest absolute Gasteiger partial charge is 0.387 e. The predicted octanol–water partition coefficient (Wildman–Crippen LogP) is 3.63. The molecule has 0 bridgehead atoms. The zero-order valence-electron chi connectivity index (χ0n) is 14.8. The number of ether oxygens (including phenoxy) is 3. The summed E-state index contributed by atoms with van der Waals surface area (Å²) in [6, 6.07) is 8.37. The van der Waals surface area contributed by atoms with E-state index in [1.165, 1.54) is 43.3 Å². The van der Waals surface area contributed by atoms with Crippen molar-refractivity contribution in [2.24, 2.45) is 0 Å². The van der Waals surface area contributed by atoms with Crippen molar-refractivity contribution >= 4 is 17.4 Å². The Morgan fingerprint density at radius 1 is 1.04 bits per heavy atom. The molecule has 2 rings (SSSR count). The van der Waals surface area contributed by atoms with Crippen LogP contribution in [-0.2, 0) is 4.74 Å². The van der Waals surface area contributed by atoms with Crippen molar-refractivity contribution in [1.29, 1.82) is 0 Å². The first-order valence-electron chi connectivity index (χ1n) is 7.85. The van der Waals surface area contributed by atoms with Crippen LogP contribution >= 0.6 is 0 Å². The van der Waals surface area contributed by atoms with Crippen molar-refractivity contribution in [2.45, 2.75) is 19.6 Å². The van der Waals surface area contributed by atoms with Crippen molar-refractivity contribution in [3.8, 4) is 11.5 Å². The molecular formula is C18H15F2NO7. The van der Waals surface area contributed by atoms with E-state index in [1.54, 1.807) is 0 Å². The summed E-state index contributed by atoms with van der Waals surface area (Å²) in [5.74, 6) is -1.62. The molecule has 0 aromatic heterocycles. The van der Waals surface area contributed by atoms with Crippen molar-refractivity contribution in [3.05, 3.63) is 63.7 Å². The number of hydrogen-bond donors (Lipinski definition) is 0. The molecule has 10 heteroatoms. The summed E-state index contributed by atoms with van der Waals surface area (Å²) in [5, 5.41) is 11.2. The summed E-state index contributed by atoms with van der Waals surface area (Å²) < 4.78 is 38.4. The second-order valence-electron chi connectivity index (χ2n) is 5.46. The van der Waals surface area contributed by atoms with Gasteiger partial charge in [0.15, 0.2) is 11.9 Å². The highest BCUT2D eigenvalue weighted by atomic mass is 19.3. The number of methoxy groups -OCH3 is 1. The van der Waals surface area contributed by atoms with Gasteiger partial charge in [-0.05, 0) is 43.3 Å². The van der Waals surface area contributed by atoms with Gasteiger partial charge in [-0.15, -0.1) is 0 Å². The Bertz CT molecular complexity index is 884. The number of nitro benzene ring substituents is 1. The Morgan fingerprint density at radius 2 is 1.64 bits per heavy atom. The maximum atomic E-state index is 12.4. The lowest BCUT2D eigenvalue weighted by atomic mass is 10.1. The molecule has 0 saturated carbocycles. The topological polar surface area (TPSA) is 105 Å². The molecule has 8 nitrogen and oxygen atoms in total. The summed E-state index contributed by atoms with van der Waals surface area (Å²) in [4.78, 5) is 34.4. The monoisotopic (exact) mass is 395 g/mol. The highest BCUT2D eigenvalue weighted by molar-refractivity contribution is 5.99. The van der Waals surface area contributed by atoms with Crippen LogP contribution in [0.15, 0.2) is 42.5 Å². The fraction of sp³-hybridized carbons (Fsp3) is 0.222. The molecule has 0 aliphatic rings. The van der Waals surface area contributed by atoms with Gasteiger partial charge in [-0.2, -0.15) is 8.78 Å². The van der Waals surface area contributed by atoms with Gasteiger partial charge in [-0.3, -0.25) is 14.9 Å². The van der Waals surface area contributed by atoms with Crippen LogP contribution in [0.2, 0.25) is 0 Å². The Morgan fingerprint density at radius 3 is 2.18 bits per heavy atom. The van der Waals surface area contributed by atoms with Crippen molar-refractivity contribution in [3.63, 3.8) is 0 Å². The fourth-order valence-electron chi connectivity index (χ4n) is 2.28. The van der Waals surface area contributed by atoms with Gasteiger partial charge in [0.1, 0.15) is 5.75 Å². The summed E-state index contributed by atoms with van der Waals surface area (Å²) in [6.07, 6.45) is -1.12. The average Bonchev–Trinajstić information content (AvgIpc) is 2.67. The lowest BCUT2D eigenvalue weighted by Crippen LogP contribution is -2.24. The molecule has 0 unspecified atom stereocenters. The third-order valence-corrected chi connectivity index (χ3v) is 3.61. The number of carbonyl (C=O) groups excluding carboxylic acids is 2. The van der Waals surface area contributed by atoms with Gasteiger partial charge in [0, 0.05) is 11.6 Å². The number of rotatable bonds is 8. The first-order valence-corrected chi connectivity index (χ1v) is 7.85. The molecule has 0 N–H and O–H groups in total. The van der Waals surface area contributed by atoms with Crippen molar-refractivity contribution in [2.75, 3.05) is 7.11 Å². The Balaban J connectivity index is 2.19. The minimum Gasteiger partial charge on any atom is -0.475 e. The quantitative estimate of drug-likeness (QED) is 0.291. The Hall–Kier alpha value is -3.56. The minimum absolute atomic E-state index is 0.0462. The molecule has 148 valence electrons. The summed E-state index contributed by atoms with van der Waals surface area (Å²) in [7, 11) is 1.14. The lowest BCUT2D eigenvalue weighted by molar-refractivity contribution is -0.386. The number of halogens is 2. The highest BCUT2D eigenvalue weighted by Crippen LogP contribution is 2.29. The predicted molar refractivity (Wildman–Crippen MR) is 91.9 cm³/mol. The van der Waals surface area contributed by atoms with E-state index in [4.69, 9.17) is 4.74 Å². The number of alkyl halides is 2. The van der Waals surface area contributed by atoms with Crippen LogP contribution in [0.5, 0.6) is 11.5 Å². The van der Waals surface area contributed by atoms with E-state index in [0.717, 1.165) is 13.2 Å². The molecule has 0 aliphatic heterocycles. The first kappa shape index (κ1) is 20.7. The number of nitrogens with zero attached hydrogens (tertiary/aromatic N) is 1. The Labute approximate surface area is 157 Å². The van der Waals surface area contributed by atoms with Gasteiger partial charge in [0.2, 0.25) is 5.78 Å². The molecule has 1 atom stereocenters. The number of Topliss-reactive ketones (excluding diaryl/α,β-unsaturated/α-hetero) is 1. The first-order chi connectivity index (χ1) is 13.2. The van der Waals surface area contributed by atoms with Gasteiger partial charge >= 0.3 is 18.3 Å². The van der Waals surface area contributed by atoms with Crippen LogP contribution in [-0.4, -0.2) is 36.5 Å².